The zero-order valence-electron chi connectivity index (χ0n) is 9.85. The van der Waals surface area contributed by atoms with Gasteiger partial charge in [0.2, 0.25) is 0 Å². The summed E-state index contributed by atoms with van der Waals surface area (Å²) < 4.78 is 5.28. The smallest absolute Gasteiger partial charge is 0.120 e. The van der Waals surface area contributed by atoms with Crippen LogP contribution in [0.5, 0.6) is 5.75 Å². The molecule has 0 spiro atoms. The van der Waals surface area contributed by atoms with Crippen molar-refractivity contribution in [1.29, 1.82) is 0 Å². The van der Waals surface area contributed by atoms with Crippen LogP contribution in [0.25, 0.3) is 0 Å². The van der Waals surface area contributed by atoms with Crippen molar-refractivity contribution in [1.82, 2.24) is 5.32 Å². The van der Waals surface area contributed by atoms with E-state index in [9.17, 15) is 0 Å². The third-order valence-electron chi connectivity index (χ3n) is 3.33. The van der Waals surface area contributed by atoms with Gasteiger partial charge in [-0.05, 0) is 55.5 Å². The maximum Gasteiger partial charge on any atom is 0.120 e. The van der Waals surface area contributed by atoms with Gasteiger partial charge in [0.25, 0.3) is 0 Å². The number of nitrogens with one attached hydrogen (secondary N) is 1. The molecule has 0 bridgehead atoms. The first kappa shape index (κ1) is 11.7. The van der Waals surface area contributed by atoms with Gasteiger partial charge in [-0.25, -0.2) is 0 Å². The molecule has 0 aromatic heterocycles. The second kappa shape index (κ2) is 5.07. The average Bonchev–Trinajstić information content (AvgIpc) is 2.33. The van der Waals surface area contributed by atoms with Crippen LogP contribution in [0.3, 0.4) is 0 Å². The maximum atomic E-state index is 6.22. The summed E-state index contributed by atoms with van der Waals surface area (Å²) >= 11 is 6.22. The maximum absolute atomic E-state index is 6.22. The minimum Gasteiger partial charge on any atom is -0.497 e. The van der Waals surface area contributed by atoms with Gasteiger partial charge in [0, 0.05) is 11.6 Å². The highest BCUT2D eigenvalue weighted by atomic mass is 35.5. The summed E-state index contributed by atoms with van der Waals surface area (Å²) in [5.41, 5.74) is 2.52. The van der Waals surface area contributed by atoms with Crippen LogP contribution in [-0.4, -0.2) is 20.2 Å². The van der Waals surface area contributed by atoms with Crippen molar-refractivity contribution < 1.29 is 4.74 Å². The van der Waals surface area contributed by atoms with Gasteiger partial charge >= 0.3 is 0 Å². The number of piperidine rings is 1. The first-order valence-corrected chi connectivity index (χ1v) is 6.15. The number of halogens is 1. The first-order chi connectivity index (χ1) is 7.72. The summed E-state index contributed by atoms with van der Waals surface area (Å²) in [6.07, 6.45) is 2.47. The molecule has 1 aromatic rings. The Morgan fingerprint density at radius 1 is 1.44 bits per heavy atom. The fourth-order valence-corrected chi connectivity index (χ4v) is 2.55. The van der Waals surface area contributed by atoms with Crippen LogP contribution in [0.15, 0.2) is 12.1 Å². The van der Waals surface area contributed by atoms with E-state index < -0.39 is 0 Å². The Morgan fingerprint density at radius 2 is 2.25 bits per heavy atom. The number of methoxy groups -OCH3 is 1. The fraction of sp³-hybridized carbons (Fsp3) is 0.538. The second-order valence-corrected chi connectivity index (χ2v) is 4.77. The SMILES string of the molecule is COc1cc(Cl)c(C)c(C2CCCNC2)c1. The molecule has 3 heteroatoms. The minimum atomic E-state index is 0.571. The highest BCUT2D eigenvalue weighted by Gasteiger charge is 2.19. The number of ether oxygens (including phenoxy) is 1. The molecule has 0 amide bonds. The highest BCUT2D eigenvalue weighted by Crippen LogP contribution is 2.33. The third kappa shape index (κ3) is 2.33. The minimum absolute atomic E-state index is 0.571. The Morgan fingerprint density at radius 3 is 2.88 bits per heavy atom. The highest BCUT2D eigenvalue weighted by molar-refractivity contribution is 6.31. The normalized spacial score (nSPS) is 20.8. The lowest BCUT2D eigenvalue weighted by Gasteiger charge is -2.25. The lowest BCUT2D eigenvalue weighted by molar-refractivity contribution is 0.411. The van der Waals surface area contributed by atoms with Gasteiger partial charge in [0.05, 0.1) is 7.11 Å². The largest absolute Gasteiger partial charge is 0.497 e. The quantitative estimate of drug-likeness (QED) is 0.856. The van der Waals surface area contributed by atoms with Crippen molar-refractivity contribution in [2.24, 2.45) is 0 Å². The second-order valence-electron chi connectivity index (χ2n) is 4.37. The molecule has 1 aliphatic heterocycles. The number of hydrogen-bond donors (Lipinski definition) is 1. The average molecular weight is 240 g/mol. The molecule has 2 nitrogen and oxygen atoms in total. The van der Waals surface area contributed by atoms with E-state index in [0.29, 0.717) is 5.92 Å². The topological polar surface area (TPSA) is 21.3 Å². The number of benzene rings is 1. The van der Waals surface area contributed by atoms with Gasteiger partial charge in [-0.3, -0.25) is 0 Å². The van der Waals surface area contributed by atoms with Crippen LogP contribution in [0, 0.1) is 6.92 Å². The Labute approximate surface area is 102 Å². The zero-order chi connectivity index (χ0) is 11.5. The Hall–Kier alpha value is -0.730. The van der Waals surface area contributed by atoms with Gasteiger partial charge in [-0.1, -0.05) is 11.6 Å². The molecule has 2 rings (SSSR count). The molecule has 1 aromatic carbocycles. The predicted molar refractivity (Wildman–Crippen MR) is 67.6 cm³/mol. The molecule has 1 atom stereocenters. The lowest BCUT2D eigenvalue weighted by Crippen LogP contribution is -2.28. The van der Waals surface area contributed by atoms with Gasteiger partial charge in [0.15, 0.2) is 0 Å². The predicted octanol–water partition coefficient (Wildman–Crippen LogP) is 3.12. The fourth-order valence-electron chi connectivity index (χ4n) is 2.33. The van der Waals surface area contributed by atoms with Crippen LogP contribution in [0.2, 0.25) is 5.02 Å². The van der Waals surface area contributed by atoms with E-state index in [4.69, 9.17) is 16.3 Å². The molecule has 1 N–H and O–H groups in total. The summed E-state index contributed by atoms with van der Waals surface area (Å²) in [4.78, 5) is 0. The van der Waals surface area contributed by atoms with Crippen molar-refractivity contribution in [2.45, 2.75) is 25.7 Å². The molecular formula is C13H18ClNO. The molecule has 1 heterocycles. The zero-order valence-corrected chi connectivity index (χ0v) is 10.6. The summed E-state index contributed by atoms with van der Waals surface area (Å²) in [7, 11) is 1.68. The molecule has 16 heavy (non-hydrogen) atoms. The van der Waals surface area contributed by atoms with Crippen LogP contribution >= 0.6 is 11.6 Å². The molecule has 88 valence electrons. The molecule has 0 radical (unpaired) electrons. The van der Waals surface area contributed by atoms with E-state index in [-0.39, 0.29) is 0 Å². The van der Waals surface area contributed by atoms with Crippen molar-refractivity contribution in [3.8, 4) is 5.75 Å². The van der Waals surface area contributed by atoms with Crippen LogP contribution in [0.1, 0.15) is 29.9 Å². The van der Waals surface area contributed by atoms with Crippen molar-refractivity contribution in [3.05, 3.63) is 28.3 Å². The lowest BCUT2D eigenvalue weighted by atomic mass is 9.88. The molecule has 0 aliphatic carbocycles. The Kier molecular flexibility index (Phi) is 3.72. The van der Waals surface area contributed by atoms with Crippen LogP contribution in [0.4, 0.5) is 0 Å². The van der Waals surface area contributed by atoms with Crippen molar-refractivity contribution in [2.75, 3.05) is 20.2 Å². The van der Waals surface area contributed by atoms with Crippen LogP contribution < -0.4 is 10.1 Å². The van der Waals surface area contributed by atoms with Gasteiger partial charge in [-0.2, -0.15) is 0 Å². The molecule has 1 fully saturated rings. The van der Waals surface area contributed by atoms with E-state index >= 15 is 0 Å². The van der Waals surface area contributed by atoms with Gasteiger partial charge in [-0.15, -0.1) is 0 Å². The monoisotopic (exact) mass is 239 g/mol. The number of rotatable bonds is 2. The van der Waals surface area contributed by atoms with E-state index in [1.807, 2.05) is 6.07 Å². The van der Waals surface area contributed by atoms with E-state index in [1.165, 1.54) is 24.0 Å². The third-order valence-corrected chi connectivity index (χ3v) is 3.72. The van der Waals surface area contributed by atoms with E-state index in [1.54, 1.807) is 7.11 Å². The van der Waals surface area contributed by atoms with Gasteiger partial charge in [0.1, 0.15) is 5.75 Å². The summed E-state index contributed by atoms with van der Waals surface area (Å²) in [6, 6.07) is 4.01. The Balaban J connectivity index is 2.33. The molecule has 1 aliphatic rings. The molecular weight excluding hydrogens is 222 g/mol. The van der Waals surface area contributed by atoms with Gasteiger partial charge < -0.3 is 10.1 Å². The molecule has 1 unspecified atom stereocenters. The van der Waals surface area contributed by atoms with Crippen LogP contribution in [-0.2, 0) is 0 Å². The summed E-state index contributed by atoms with van der Waals surface area (Å²) in [5.74, 6) is 1.43. The molecule has 0 saturated carbocycles. The van der Waals surface area contributed by atoms with E-state index in [0.717, 1.165) is 23.9 Å². The summed E-state index contributed by atoms with van der Waals surface area (Å²) in [6.45, 7) is 4.27. The van der Waals surface area contributed by atoms with Crippen molar-refractivity contribution >= 4 is 11.6 Å². The standard InChI is InChI=1S/C13H18ClNO/c1-9-12(10-4-3-5-15-8-10)6-11(16-2)7-13(9)14/h6-7,10,15H,3-5,8H2,1-2H3. The molecule has 1 saturated heterocycles. The van der Waals surface area contributed by atoms with E-state index in [2.05, 4.69) is 18.3 Å². The van der Waals surface area contributed by atoms with Crippen molar-refractivity contribution in [3.63, 3.8) is 0 Å². The Bertz CT molecular complexity index is 372. The summed E-state index contributed by atoms with van der Waals surface area (Å²) in [5, 5.41) is 4.24. The number of hydrogen-bond acceptors (Lipinski definition) is 2. The first-order valence-electron chi connectivity index (χ1n) is 5.77.